The third-order valence-corrected chi connectivity index (χ3v) is 6.33. The Labute approximate surface area is 181 Å². The van der Waals surface area contributed by atoms with Crippen molar-refractivity contribution in [2.75, 3.05) is 44.3 Å². The first-order chi connectivity index (χ1) is 14.6. The molecule has 1 saturated heterocycles. The molecule has 1 atom stereocenters. The number of pyridine rings is 1. The highest BCUT2D eigenvalue weighted by molar-refractivity contribution is 5.79. The summed E-state index contributed by atoms with van der Waals surface area (Å²) in [5.74, 6) is 1.85. The van der Waals surface area contributed by atoms with Gasteiger partial charge in [-0.05, 0) is 50.2 Å². The predicted octanol–water partition coefficient (Wildman–Crippen LogP) is 2.69. The second kappa shape index (κ2) is 11.5. The van der Waals surface area contributed by atoms with Gasteiger partial charge in [0.05, 0.1) is 19.3 Å². The Bertz CT molecular complexity index is 653. The molecular formula is C23H39N5O2. The molecule has 168 valence electrons. The molecule has 0 bridgehead atoms. The third-order valence-electron chi connectivity index (χ3n) is 6.33. The van der Waals surface area contributed by atoms with Crippen LogP contribution < -0.4 is 15.5 Å². The summed E-state index contributed by atoms with van der Waals surface area (Å²) in [6.45, 7) is 9.25. The molecule has 0 aromatic carbocycles. The van der Waals surface area contributed by atoms with Gasteiger partial charge in [0.2, 0.25) is 0 Å². The van der Waals surface area contributed by atoms with Gasteiger partial charge in [-0.15, -0.1) is 0 Å². The van der Waals surface area contributed by atoms with Gasteiger partial charge in [-0.2, -0.15) is 0 Å². The Balaban J connectivity index is 1.57. The molecule has 3 N–H and O–H groups in total. The summed E-state index contributed by atoms with van der Waals surface area (Å²) in [5, 5.41) is 16.4. The molecule has 1 aromatic rings. The van der Waals surface area contributed by atoms with E-state index in [1.54, 1.807) is 0 Å². The van der Waals surface area contributed by atoms with Crippen LogP contribution in [0.15, 0.2) is 23.3 Å². The van der Waals surface area contributed by atoms with Crippen LogP contribution in [0.5, 0.6) is 0 Å². The average molecular weight is 418 g/mol. The lowest BCUT2D eigenvalue weighted by Gasteiger charge is -2.37. The Morgan fingerprint density at radius 3 is 2.80 bits per heavy atom. The molecule has 30 heavy (non-hydrogen) atoms. The first-order valence-corrected chi connectivity index (χ1v) is 11.6. The topological polar surface area (TPSA) is 82.0 Å². The van der Waals surface area contributed by atoms with E-state index in [0.29, 0.717) is 6.54 Å². The summed E-state index contributed by atoms with van der Waals surface area (Å²) < 4.78 is 5.62. The fourth-order valence-corrected chi connectivity index (χ4v) is 4.56. The van der Waals surface area contributed by atoms with Gasteiger partial charge in [-0.1, -0.05) is 25.3 Å². The van der Waals surface area contributed by atoms with Crippen LogP contribution in [-0.4, -0.2) is 61.5 Å². The quantitative estimate of drug-likeness (QED) is 0.446. The van der Waals surface area contributed by atoms with Gasteiger partial charge in [0, 0.05) is 39.0 Å². The summed E-state index contributed by atoms with van der Waals surface area (Å²) >= 11 is 0. The summed E-state index contributed by atoms with van der Waals surface area (Å²) in [6, 6.07) is 4.20. The number of morpholine rings is 1. The lowest BCUT2D eigenvalue weighted by Crippen LogP contribution is -2.45. The molecule has 0 spiro atoms. The molecule has 0 amide bonds. The van der Waals surface area contributed by atoms with E-state index in [0.717, 1.165) is 56.5 Å². The first kappa shape index (κ1) is 22.8. The number of hydrogen-bond donors (Lipinski definition) is 3. The fourth-order valence-electron chi connectivity index (χ4n) is 4.56. The number of rotatable bonds is 8. The van der Waals surface area contributed by atoms with Crippen molar-refractivity contribution in [3.63, 3.8) is 0 Å². The first-order valence-electron chi connectivity index (χ1n) is 11.6. The molecule has 1 aromatic heterocycles. The molecule has 1 aliphatic heterocycles. The van der Waals surface area contributed by atoms with Crippen LogP contribution in [0, 0.1) is 5.41 Å². The summed E-state index contributed by atoms with van der Waals surface area (Å²) in [5.41, 5.74) is 1.29. The summed E-state index contributed by atoms with van der Waals surface area (Å²) in [6.07, 6.45) is 9.24. The zero-order valence-electron chi connectivity index (χ0n) is 18.7. The smallest absolute Gasteiger partial charge is 0.191 e. The van der Waals surface area contributed by atoms with Crippen molar-refractivity contribution < 1.29 is 9.84 Å². The third kappa shape index (κ3) is 6.57. The van der Waals surface area contributed by atoms with Gasteiger partial charge >= 0.3 is 0 Å². The number of aromatic nitrogens is 1. The van der Waals surface area contributed by atoms with Crippen molar-refractivity contribution in [1.29, 1.82) is 0 Å². The van der Waals surface area contributed by atoms with Crippen molar-refractivity contribution >= 4 is 11.8 Å². The second-order valence-electron chi connectivity index (χ2n) is 8.74. The van der Waals surface area contributed by atoms with E-state index in [9.17, 15) is 5.11 Å². The molecule has 7 heteroatoms. The highest BCUT2D eigenvalue weighted by atomic mass is 16.5. The number of guanidine groups is 1. The highest BCUT2D eigenvalue weighted by Gasteiger charge is 2.31. The summed E-state index contributed by atoms with van der Waals surface area (Å²) in [7, 11) is 0. The minimum absolute atomic E-state index is 0.196. The van der Waals surface area contributed by atoms with Crippen LogP contribution in [0.3, 0.4) is 0 Å². The number of anilines is 1. The van der Waals surface area contributed by atoms with Gasteiger partial charge < -0.3 is 25.4 Å². The number of aliphatic imine (C=N–C) groups is 1. The molecule has 0 radical (unpaired) electrons. The molecule has 2 aliphatic rings. The van der Waals surface area contributed by atoms with E-state index < -0.39 is 0 Å². The lowest BCUT2D eigenvalue weighted by molar-refractivity contribution is 0.0529. The lowest BCUT2D eigenvalue weighted by atomic mass is 9.72. The fraction of sp³-hybridized carbons (Fsp3) is 0.739. The SMILES string of the molecule is CCNC(=NCc1ccc(N2CCOC(C)C2)nc1)NCC1(CCO)CCCCC1. The van der Waals surface area contributed by atoms with Gasteiger partial charge in [0.25, 0.3) is 0 Å². The monoisotopic (exact) mass is 417 g/mol. The van der Waals surface area contributed by atoms with Crippen LogP contribution in [0.1, 0.15) is 57.9 Å². The maximum absolute atomic E-state index is 9.54. The number of ether oxygens (including phenoxy) is 1. The molecular weight excluding hydrogens is 378 g/mol. The molecule has 2 heterocycles. The van der Waals surface area contributed by atoms with Crippen molar-refractivity contribution in [2.24, 2.45) is 10.4 Å². The zero-order chi connectivity index (χ0) is 21.2. The second-order valence-corrected chi connectivity index (χ2v) is 8.74. The predicted molar refractivity (Wildman–Crippen MR) is 122 cm³/mol. The number of nitrogens with one attached hydrogen (secondary N) is 2. The van der Waals surface area contributed by atoms with Crippen LogP contribution in [-0.2, 0) is 11.3 Å². The molecule has 1 unspecified atom stereocenters. The minimum atomic E-state index is 0.196. The Hall–Kier alpha value is -1.86. The van der Waals surface area contributed by atoms with Gasteiger partial charge in [0.1, 0.15) is 5.82 Å². The molecule has 2 fully saturated rings. The number of hydrogen-bond acceptors (Lipinski definition) is 5. The summed E-state index contributed by atoms with van der Waals surface area (Å²) in [4.78, 5) is 11.7. The number of aliphatic hydroxyl groups excluding tert-OH is 1. The highest BCUT2D eigenvalue weighted by Crippen LogP contribution is 2.38. The van der Waals surface area contributed by atoms with Crippen LogP contribution in [0.4, 0.5) is 5.82 Å². The van der Waals surface area contributed by atoms with Gasteiger partial charge in [-0.3, -0.25) is 0 Å². The average Bonchev–Trinajstić information content (AvgIpc) is 2.77. The van der Waals surface area contributed by atoms with E-state index >= 15 is 0 Å². The van der Waals surface area contributed by atoms with Crippen molar-refractivity contribution in [3.05, 3.63) is 23.9 Å². The number of nitrogens with zero attached hydrogens (tertiary/aromatic N) is 3. The zero-order valence-corrected chi connectivity index (χ0v) is 18.7. The molecule has 1 saturated carbocycles. The van der Waals surface area contributed by atoms with E-state index in [4.69, 9.17) is 9.73 Å². The Morgan fingerprint density at radius 2 is 2.13 bits per heavy atom. The molecule has 7 nitrogen and oxygen atoms in total. The van der Waals surface area contributed by atoms with Crippen molar-refractivity contribution in [3.8, 4) is 0 Å². The van der Waals surface area contributed by atoms with E-state index in [1.165, 1.54) is 32.1 Å². The van der Waals surface area contributed by atoms with Crippen LogP contribution in [0.25, 0.3) is 0 Å². The van der Waals surface area contributed by atoms with Crippen molar-refractivity contribution in [1.82, 2.24) is 15.6 Å². The minimum Gasteiger partial charge on any atom is -0.396 e. The maximum Gasteiger partial charge on any atom is 0.191 e. The maximum atomic E-state index is 9.54. The molecule has 1 aliphatic carbocycles. The van der Waals surface area contributed by atoms with Gasteiger partial charge in [-0.25, -0.2) is 9.98 Å². The largest absolute Gasteiger partial charge is 0.396 e. The Morgan fingerprint density at radius 1 is 1.30 bits per heavy atom. The van der Waals surface area contributed by atoms with Crippen LogP contribution in [0.2, 0.25) is 0 Å². The van der Waals surface area contributed by atoms with Gasteiger partial charge in [0.15, 0.2) is 5.96 Å². The van der Waals surface area contributed by atoms with E-state index in [1.807, 2.05) is 6.20 Å². The molecule has 3 rings (SSSR count). The normalized spacial score (nSPS) is 22.0. The van der Waals surface area contributed by atoms with Crippen LogP contribution >= 0.6 is 0 Å². The number of aliphatic hydroxyl groups is 1. The van der Waals surface area contributed by atoms with E-state index in [-0.39, 0.29) is 18.1 Å². The van der Waals surface area contributed by atoms with Crippen molar-refractivity contribution in [2.45, 2.75) is 65.0 Å². The Kier molecular flexibility index (Phi) is 8.75. The van der Waals surface area contributed by atoms with E-state index in [2.05, 4.69) is 46.5 Å². The standard InChI is InChI=1S/C23H39N5O2/c1-3-24-22(27-18-23(11-13-29)9-5-4-6-10-23)26-16-20-7-8-21(25-15-20)28-12-14-30-19(2)17-28/h7-8,15,19,29H,3-6,9-14,16-18H2,1-2H3,(H2,24,26,27).